The van der Waals surface area contributed by atoms with Crippen molar-refractivity contribution in [2.24, 2.45) is 0 Å². The Balaban J connectivity index is 1.57. The number of carboxylic acids is 1. The Kier molecular flexibility index (Phi) is 6.69. The van der Waals surface area contributed by atoms with Gasteiger partial charge in [0, 0.05) is 4.88 Å². The molecule has 0 aliphatic heterocycles. The van der Waals surface area contributed by atoms with Gasteiger partial charge in [-0.3, -0.25) is 0 Å². The topological polar surface area (TPSA) is 46.5 Å². The standard InChI is InChI=1S/C22H19ClO3S/c23-21-15-14-20(27-21)17-10-12-18(13-11-17)26-19(22(24)25)9-5-4-8-16-6-2-1-3-7-16/h1-4,6-8,10-15,19H,5,9H2,(H,24,25)/b8-4+. The minimum Gasteiger partial charge on any atom is -0.479 e. The summed E-state index contributed by atoms with van der Waals surface area (Å²) in [5, 5.41) is 9.42. The number of ether oxygens (including phenoxy) is 1. The average molecular weight is 399 g/mol. The van der Waals surface area contributed by atoms with Gasteiger partial charge in [0.1, 0.15) is 5.75 Å². The molecule has 1 heterocycles. The molecule has 0 saturated carbocycles. The second kappa shape index (κ2) is 9.40. The Morgan fingerprint density at radius 2 is 1.81 bits per heavy atom. The fourth-order valence-corrected chi connectivity index (χ4v) is 3.64. The van der Waals surface area contributed by atoms with Crippen molar-refractivity contribution in [1.29, 1.82) is 0 Å². The van der Waals surface area contributed by atoms with Gasteiger partial charge in [0.2, 0.25) is 0 Å². The summed E-state index contributed by atoms with van der Waals surface area (Å²) in [5.41, 5.74) is 2.12. The van der Waals surface area contributed by atoms with Crippen LogP contribution in [0.25, 0.3) is 16.5 Å². The largest absolute Gasteiger partial charge is 0.479 e. The van der Waals surface area contributed by atoms with Crippen molar-refractivity contribution in [3.63, 3.8) is 0 Å². The molecular weight excluding hydrogens is 380 g/mol. The van der Waals surface area contributed by atoms with Crippen LogP contribution in [0, 0.1) is 0 Å². The fourth-order valence-electron chi connectivity index (χ4n) is 2.60. The van der Waals surface area contributed by atoms with Gasteiger partial charge in [-0.05, 0) is 60.4 Å². The van der Waals surface area contributed by atoms with E-state index in [1.165, 1.54) is 11.3 Å². The third-order valence-corrected chi connectivity index (χ3v) is 5.25. The number of carboxylic acid groups (broad SMARTS) is 1. The molecule has 138 valence electrons. The average Bonchev–Trinajstić information content (AvgIpc) is 3.12. The molecule has 2 aromatic carbocycles. The summed E-state index contributed by atoms with van der Waals surface area (Å²) in [5.74, 6) is -0.418. The van der Waals surface area contributed by atoms with Gasteiger partial charge in [0.15, 0.2) is 6.10 Å². The van der Waals surface area contributed by atoms with Crippen molar-refractivity contribution in [3.8, 4) is 16.2 Å². The summed E-state index contributed by atoms with van der Waals surface area (Å²) in [7, 11) is 0. The van der Waals surface area contributed by atoms with Crippen LogP contribution in [-0.2, 0) is 4.79 Å². The van der Waals surface area contributed by atoms with Gasteiger partial charge in [-0.1, -0.05) is 54.1 Å². The van der Waals surface area contributed by atoms with E-state index in [0.29, 0.717) is 18.6 Å². The van der Waals surface area contributed by atoms with Gasteiger partial charge in [0.05, 0.1) is 4.34 Å². The van der Waals surface area contributed by atoms with Crippen LogP contribution in [0.1, 0.15) is 18.4 Å². The zero-order chi connectivity index (χ0) is 19.1. The normalized spacial score (nSPS) is 12.2. The Bertz CT molecular complexity index is 901. The van der Waals surface area contributed by atoms with Crippen LogP contribution in [0.5, 0.6) is 5.75 Å². The molecule has 3 aromatic rings. The van der Waals surface area contributed by atoms with Crippen molar-refractivity contribution in [2.45, 2.75) is 18.9 Å². The molecule has 0 fully saturated rings. The summed E-state index contributed by atoms with van der Waals surface area (Å²) in [6, 6.07) is 21.1. The summed E-state index contributed by atoms with van der Waals surface area (Å²) in [6.07, 6.45) is 4.10. The maximum Gasteiger partial charge on any atom is 0.344 e. The van der Waals surface area contributed by atoms with Gasteiger partial charge in [-0.15, -0.1) is 11.3 Å². The summed E-state index contributed by atoms with van der Waals surface area (Å²) in [6.45, 7) is 0. The number of allylic oxidation sites excluding steroid dienone is 1. The number of aliphatic carboxylic acids is 1. The quantitative estimate of drug-likeness (QED) is 0.478. The smallest absolute Gasteiger partial charge is 0.344 e. The van der Waals surface area contributed by atoms with Crippen LogP contribution < -0.4 is 4.74 Å². The van der Waals surface area contributed by atoms with Gasteiger partial charge in [0.25, 0.3) is 0 Å². The highest BCUT2D eigenvalue weighted by molar-refractivity contribution is 7.19. The highest BCUT2D eigenvalue weighted by Crippen LogP contribution is 2.32. The molecule has 0 bridgehead atoms. The van der Waals surface area contributed by atoms with E-state index in [0.717, 1.165) is 20.3 Å². The molecule has 0 saturated heterocycles. The number of halogens is 1. The number of rotatable bonds is 8. The van der Waals surface area contributed by atoms with Crippen molar-refractivity contribution in [1.82, 2.24) is 0 Å². The summed E-state index contributed by atoms with van der Waals surface area (Å²) in [4.78, 5) is 12.6. The molecule has 0 amide bonds. The van der Waals surface area contributed by atoms with Crippen molar-refractivity contribution in [2.75, 3.05) is 0 Å². The van der Waals surface area contributed by atoms with Crippen LogP contribution in [0.3, 0.4) is 0 Å². The van der Waals surface area contributed by atoms with Crippen molar-refractivity contribution >= 4 is 35.0 Å². The number of hydrogen-bond donors (Lipinski definition) is 1. The lowest BCUT2D eigenvalue weighted by Crippen LogP contribution is -2.26. The van der Waals surface area contributed by atoms with E-state index in [-0.39, 0.29) is 0 Å². The van der Waals surface area contributed by atoms with Crippen molar-refractivity contribution < 1.29 is 14.6 Å². The second-order valence-electron chi connectivity index (χ2n) is 5.96. The molecule has 27 heavy (non-hydrogen) atoms. The maximum absolute atomic E-state index is 11.5. The highest BCUT2D eigenvalue weighted by atomic mass is 35.5. The van der Waals surface area contributed by atoms with E-state index < -0.39 is 12.1 Å². The van der Waals surface area contributed by atoms with Crippen LogP contribution in [0.15, 0.2) is 72.8 Å². The molecule has 1 atom stereocenters. The number of hydrogen-bond acceptors (Lipinski definition) is 3. The lowest BCUT2D eigenvalue weighted by atomic mass is 10.1. The Hall–Kier alpha value is -2.56. The summed E-state index contributed by atoms with van der Waals surface area (Å²) >= 11 is 7.47. The van der Waals surface area contributed by atoms with Crippen LogP contribution >= 0.6 is 22.9 Å². The van der Waals surface area contributed by atoms with E-state index in [2.05, 4.69) is 0 Å². The minimum absolute atomic E-state index is 0.404. The van der Waals surface area contributed by atoms with Gasteiger partial charge < -0.3 is 9.84 Å². The third-order valence-electron chi connectivity index (χ3n) is 3.97. The van der Waals surface area contributed by atoms with E-state index >= 15 is 0 Å². The number of benzene rings is 2. The van der Waals surface area contributed by atoms with Crippen molar-refractivity contribution in [3.05, 3.63) is 82.7 Å². The summed E-state index contributed by atoms with van der Waals surface area (Å²) < 4.78 is 6.40. The monoisotopic (exact) mass is 398 g/mol. The Morgan fingerprint density at radius 3 is 2.44 bits per heavy atom. The van der Waals surface area contributed by atoms with Gasteiger partial charge in [-0.25, -0.2) is 4.79 Å². The molecule has 3 nitrogen and oxygen atoms in total. The van der Waals surface area contributed by atoms with E-state index in [9.17, 15) is 9.90 Å². The van der Waals surface area contributed by atoms with Gasteiger partial charge >= 0.3 is 5.97 Å². The Labute approximate surface area is 167 Å². The molecule has 3 rings (SSSR count). The maximum atomic E-state index is 11.5. The molecule has 1 aromatic heterocycles. The van der Waals surface area contributed by atoms with E-state index in [1.54, 1.807) is 12.1 Å². The van der Waals surface area contributed by atoms with E-state index in [1.807, 2.05) is 66.7 Å². The first-order valence-corrected chi connectivity index (χ1v) is 9.78. The van der Waals surface area contributed by atoms with Crippen LogP contribution in [0.2, 0.25) is 4.34 Å². The molecule has 0 radical (unpaired) electrons. The lowest BCUT2D eigenvalue weighted by Gasteiger charge is -2.14. The molecular formula is C22H19ClO3S. The SMILES string of the molecule is O=C(O)C(CC/C=C/c1ccccc1)Oc1ccc(-c2ccc(Cl)s2)cc1. The predicted molar refractivity (Wildman–Crippen MR) is 112 cm³/mol. The first-order valence-electron chi connectivity index (χ1n) is 8.58. The van der Waals surface area contributed by atoms with Crippen LogP contribution in [0.4, 0.5) is 0 Å². The second-order valence-corrected chi connectivity index (χ2v) is 7.68. The van der Waals surface area contributed by atoms with E-state index in [4.69, 9.17) is 16.3 Å². The number of carbonyl (C=O) groups is 1. The Morgan fingerprint density at radius 1 is 1.07 bits per heavy atom. The number of thiophene rings is 1. The first kappa shape index (κ1) is 19.2. The van der Waals surface area contributed by atoms with Crippen LogP contribution in [-0.4, -0.2) is 17.2 Å². The highest BCUT2D eigenvalue weighted by Gasteiger charge is 2.18. The third kappa shape index (κ3) is 5.71. The molecule has 0 aliphatic carbocycles. The molecule has 0 spiro atoms. The molecule has 5 heteroatoms. The fraction of sp³-hybridized carbons (Fsp3) is 0.136. The zero-order valence-electron chi connectivity index (χ0n) is 14.5. The van der Waals surface area contributed by atoms with Gasteiger partial charge in [-0.2, -0.15) is 0 Å². The molecule has 1 N–H and O–H groups in total. The predicted octanol–water partition coefficient (Wildman–Crippen LogP) is 6.39. The molecule has 1 unspecified atom stereocenters. The zero-order valence-corrected chi connectivity index (χ0v) is 16.1. The minimum atomic E-state index is -0.961. The lowest BCUT2D eigenvalue weighted by molar-refractivity contribution is -0.145. The first-order chi connectivity index (χ1) is 13.1. The molecule has 0 aliphatic rings.